The van der Waals surface area contributed by atoms with Crippen molar-refractivity contribution in [2.45, 2.75) is 38.3 Å². The van der Waals surface area contributed by atoms with Crippen molar-refractivity contribution in [3.05, 3.63) is 52.3 Å². The van der Waals surface area contributed by atoms with Gasteiger partial charge in [0.15, 0.2) is 0 Å². The molecule has 0 atom stereocenters. The number of piperidine rings is 1. The Labute approximate surface area is 157 Å². The lowest BCUT2D eigenvalue weighted by Crippen LogP contribution is -2.57. The molecule has 1 amide bonds. The second-order valence-electron chi connectivity index (χ2n) is 7.17. The number of halogens is 2. The summed E-state index contributed by atoms with van der Waals surface area (Å²) in [6.07, 6.45) is 4.14. The van der Waals surface area contributed by atoms with Crippen LogP contribution >= 0.6 is 11.6 Å². The van der Waals surface area contributed by atoms with Crippen molar-refractivity contribution in [3.8, 4) is 0 Å². The van der Waals surface area contributed by atoms with Gasteiger partial charge < -0.3 is 9.88 Å². The van der Waals surface area contributed by atoms with E-state index < -0.39 is 0 Å². The summed E-state index contributed by atoms with van der Waals surface area (Å²) < 4.78 is 14.2. The number of nitrogens with one attached hydrogen (secondary N) is 1. The highest BCUT2D eigenvalue weighted by Gasteiger charge is 2.47. The Morgan fingerprint density at radius 3 is 2.85 bits per heavy atom. The van der Waals surface area contributed by atoms with E-state index in [4.69, 9.17) is 11.6 Å². The molecular weight excluding hydrogens is 355 g/mol. The normalized spacial score (nSPS) is 19.6. The largest absolute Gasteiger partial charge is 0.348 e. The summed E-state index contributed by atoms with van der Waals surface area (Å²) in [6, 6.07) is 5.12. The van der Waals surface area contributed by atoms with Crippen LogP contribution in [0.3, 0.4) is 0 Å². The number of aromatic nitrogens is 2. The Balaban J connectivity index is 1.55. The Morgan fingerprint density at radius 2 is 2.12 bits per heavy atom. The quantitative estimate of drug-likeness (QED) is 0.876. The van der Waals surface area contributed by atoms with Crippen molar-refractivity contribution in [2.24, 2.45) is 0 Å². The van der Waals surface area contributed by atoms with Gasteiger partial charge in [-0.05, 0) is 18.9 Å². The Kier molecular flexibility index (Phi) is 4.49. The summed E-state index contributed by atoms with van der Waals surface area (Å²) in [5.74, 6) is -0.250. The second kappa shape index (κ2) is 6.67. The van der Waals surface area contributed by atoms with Gasteiger partial charge in [-0.25, -0.2) is 9.37 Å². The first-order valence-corrected chi connectivity index (χ1v) is 9.35. The third-order valence-corrected chi connectivity index (χ3v) is 6.04. The van der Waals surface area contributed by atoms with Crippen molar-refractivity contribution < 1.29 is 9.18 Å². The summed E-state index contributed by atoms with van der Waals surface area (Å²) in [4.78, 5) is 24.3. The minimum absolute atomic E-state index is 0.0907. The number of imidazole rings is 1. The van der Waals surface area contributed by atoms with Crippen molar-refractivity contribution >= 4 is 17.5 Å². The zero-order valence-corrected chi connectivity index (χ0v) is 15.5. The van der Waals surface area contributed by atoms with Crippen LogP contribution in [0.15, 0.2) is 24.5 Å². The molecule has 138 valence electrons. The van der Waals surface area contributed by atoms with E-state index in [2.05, 4.69) is 14.9 Å². The van der Waals surface area contributed by atoms with Gasteiger partial charge in [0.1, 0.15) is 5.82 Å². The second-order valence-corrected chi connectivity index (χ2v) is 7.58. The summed E-state index contributed by atoms with van der Waals surface area (Å²) in [5.41, 5.74) is 2.41. The molecule has 1 fully saturated rings. The van der Waals surface area contributed by atoms with Crippen LogP contribution in [-0.4, -0.2) is 45.3 Å². The predicted molar refractivity (Wildman–Crippen MR) is 97.3 cm³/mol. The molecule has 5 nitrogen and oxygen atoms in total. The highest BCUT2D eigenvalue weighted by atomic mass is 35.5. The molecule has 0 radical (unpaired) electrons. The SMILES string of the molecule is CC(=O)N1CCc2[nH]cnc2C12CCN(Cc1cccc(Cl)c1F)CC2. The first-order chi connectivity index (χ1) is 12.5. The van der Waals surface area contributed by atoms with E-state index in [0.717, 1.165) is 43.7 Å². The number of rotatable bonds is 2. The van der Waals surface area contributed by atoms with Gasteiger partial charge in [0.25, 0.3) is 0 Å². The zero-order chi connectivity index (χ0) is 18.3. The van der Waals surface area contributed by atoms with Crippen molar-refractivity contribution in [3.63, 3.8) is 0 Å². The number of nitrogens with zero attached hydrogens (tertiary/aromatic N) is 3. The number of benzene rings is 1. The Morgan fingerprint density at radius 1 is 1.35 bits per heavy atom. The molecule has 0 bridgehead atoms. The van der Waals surface area contributed by atoms with E-state index in [0.29, 0.717) is 18.7 Å². The van der Waals surface area contributed by atoms with Gasteiger partial charge in [0, 0.05) is 50.8 Å². The van der Waals surface area contributed by atoms with Crippen molar-refractivity contribution in [1.82, 2.24) is 19.8 Å². The highest BCUT2D eigenvalue weighted by Crippen LogP contribution is 2.42. The molecule has 1 spiro atoms. The molecule has 0 aliphatic carbocycles. The lowest BCUT2D eigenvalue weighted by Gasteiger charge is -2.50. The predicted octanol–water partition coefficient (Wildman–Crippen LogP) is 3.10. The maximum Gasteiger partial charge on any atom is 0.220 e. The molecule has 1 N–H and O–H groups in total. The number of amides is 1. The number of carbonyl (C=O) groups excluding carboxylic acids is 1. The molecule has 3 heterocycles. The lowest BCUT2D eigenvalue weighted by molar-refractivity contribution is -0.139. The van der Waals surface area contributed by atoms with Gasteiger partial charge in [-0.1, -0.05) is 23.7 Å². The smallest absolute Gasteiger partial charge is 0.220 e. The molecule has 0 unspecified atom stereocenters. The van der Waals surface area contributed by atoms with E-state index in [-0.39, 0.29) is 22.3 Å². The molecule has 26 heavy (non-hydrogen) atoms. The first kappa shape index (κ1) is 17.5. The number of aromatic amines is 1. The Bertz CT molecular complexity index is 829. The molecule has 4 rings (SSSR count). The number of fused-ring (bicyclic) bond motifs is 2. The highest BCUT2D eigenvalue weighted by molar-refractivity contribution is 6.30. The summed E-state index contributed by atoms with van der Waals surface area (Å²) >= 11 is 5.90. The van der Waals surface area contributed by atoms with Crippen LogP contribution in [0.1, 0.15) is 36.7 Å². The van der Waals surface area contributed by atoms with Crippen molar-refractivity contribution in [2.75, 3.05) is 19.6 Å². The number of likely N-dealkylation sites (tertiary alicyclic amines) is 1. The van der Waals surface area contributed by atoms with E-state index in [1.165, 1.54) is 0 Å². The van der Waals surface area contributed by atoms with Gasteiger partial charge in [0.2, 0.25) is 5.91 Å². The summed E-state index contributed by atoms with van der Waals surface area (Å²) in [7, 11) is 0. The minimum atomic E-state index is -0.344. The van der Waals surface area contributed by atoms with E-state index in [1.807, 2.05) is 4.90 Å². The molecule has 2 aliphatic rings. The summed E-state index contributed by atoms with van der Waals surface area (Å²) in [6.45, 7) is 4.43. The van der Waals surface area contributed by atoms with Crippen molar-refractivity contribution in [1.29, 1.82) is 0 Å². The fourth-order valence-corrected chi connectivity index (χ4v) is 4.63. The van der Waals surface area contributed by atoms with Crippen LogP contribution in [0, 0.1) is 5.82 Å². The number of hydrogen-bond acceptors (Lipinski definition) is 3. The van der Waals surface area contributed by atoms with Crippen LogP contribution in [0.5, 0.6) is 0 Å². The maximum atomic E-state index is 14.2. The topological polar surface area (TPSA) is 52.2 Å². The molecule has 1 aromatic carbocycles. The first-order valence-electron chi connectivity index (χ1n) is 8.97. The summed E-state index contributed by atoms with van der Waals surface area (Å²) in [5, 5.41) is 0.159. The average Bonchev–Trinajstić information content (AvgIpc) is 3.11. The fourth-order valence-electron chi connectivity index (χ4n) is 4.44. The molecule has 1 saturated heterocycles. The zero-order valence-electron chi connectivity index (χ0n) is 14.8. The number of carbonyl (C=O) groups is 1. The fraction of sp³-hybridized carbons (Fsp3) is 0.474. The molecule has 2 aromatic rings. The number of H-pyrrole nitrogens is 1. The van der Waals surface area contributed by atoms with Crippen LogP contribution in [-0.2, 0) is 23.3 Å². The third kappa shape index (κ3) is 2.81. The Hall–Kier alpha value is -1.92. The minimum Gasteiger partial charge on any atom is -0.348 e. The molecule has 2 aliphatic heterocycles. The third-order valence-electron chi connectivity index (χ3n) is 5.75. The monoisotopic (exact) mass is 376 g/mol. The maximum absolute atomic E-state index is 14.2. The van der Waals surface area contributed by atoms with Gasteiger partial charge in [-0.15, -0.1) is 0 Å². The lowest BCUT2D eigenvalue weighted by atomic mass is 9.78. The van der Waals surface area contributed by atoms with E-state index in [9.17, 15) is 9.18 Å². The van der Waals surface area contributed by atoms with E-state index in [1.54, 1.807) is 31.5 Å². The van der Waals surface area contributed by atoms with Gasteiger partial charge in [0.05, 0.1) is 22.6 Å². The molecular formula is C19H22ClFN4O. The van der Waals surface area contributed by atoms with E-state index >= 15 is 0 Å². The van der Waals surface area contributed by atoms with Crippen LogP contribution < -0.4 is 0 Å². The average molecular weight is 377 g/mol. The number of hydrogen-bond donors (Lipinski definition) is 1. The van der Waals surface area contributed by atoms with Crippen LogP contribution in [0.2, 0.25) is 5.02 Å². The van der Waals surface area contributed by atoms with Gasteiger partial charge in [-0.3, -0.25) is 9.69 Å². The van der Waals surface area contributed by atoms with Gasteiger partial charge in [-0.2, -0.15) is 0 Å². The van der Waals surface area contributed by atoms with Crippen LogP contribution in [0.4, 0.5) is 4.39 Å². The molecule has 7 heteroatoms. The van der Waals surface area contributed by atoms with Crippen LogP contribution in [0.25, 0.3) is 0 Å². The molecule has 1 aromatic heterocycles. The van der Waals surface area contributed by atoms with Gasteiger partial charge >= 0.3 is 0 Å². The standard InChI is InChI=1S/C19H22ClFN4O/c1-13(26)25-8-5-16-18(23-12-22-16)19(25)6-9-24(10-7-19)11-14-3-2-4-15(20)17(14)21/h2-4,12H,5-11H2,1H3,(H,22,23). The molecule has 0 saturated carbocycles.